The summed E-state index contributed by atoms with van der Waals surface area (Å²) in [6.07, 6.45) is 8.62. The molecular formula is C24H28FN5O2. The van der Waals surface area contributed by atoms with Gasteiger partial charge >= 0.3 is 0 Å². The van der Waals surface area contributed by atoms with Crippen LogP contribution < -0.4 is 21.1 Å². The molecule has 1 aliphatic heterocycles. The van der Waals surface area contributed by atoms with Gasteiger partial charge in [0.2, 0.25) is 0 Å². The van der Waals surface area contributed by atoms with Crippen LogP contribution in [0.5, 0.6) is 5.75 Å². The molecule has 1 aromatic heterocycles. The Labute approximate surface area is 187 Å². The van der Waals surface area contributed by atoms with Crippen LogP contribution in [0.2, 0.25) is 0 Å². The van der Waals surface area contributed by atoms with E-state index in [0.29, 0.717) is 30.2 Å². The van der Waals surface area contributed by atoms with Crippen LogP contribution in [-0.2, 0) is 13.0 Å². The number of carbonyl (C=O) groups excluding carboxylic acids is 1. The zero-order valence-electron chi connectivity index (χ0n) is 18.5. The molecule has 7 nitrogen and oxygen atoms in total. The molecule has 0 spiro atoms. The standard InChI is InChI=1S/C24H28FN5O2/c1-4-6-20(26)28-11-9-15(2)19-14-30-23(18-10-12-32-22(18)19)29-13-16-7-5-8-17(21(16)25)24(31)27-3/h5-9,11,14H,4,10,12-13,26H2,1-3H3,(H,27,31)(H,29,30)/b15-9+,20-6+,28-11+. The SMILES string of the molecule is CC/C=C(N)/N=C/C=C(\C)c1cnc(NCc2cccc(C(=O)NC)c2F)c2c1OCC2. The Hall–Kier alpha value is -3.68. The van der Waals surface area contributed by atoms with Crippen LogP contribution in [0, 0.1) is 5.82 Å². The van der Waals surface area contributed by atoms with Crippen molar-refractivity contribution in [2.24, 2.45) is 10.7 Å². The third-order valence-corrected chi connectivity index (χ3v) is 5.11. The van der Waals surface area contributed by atoms with Crippen LogP contribution in [-0.4, -0.2) is 30.8 Å². The fraction of sp³-hybridized carbons (Fsp3) is 0.292. The van der Waals surface area contributed by atoms with E-state index in [2.05, 4.69) is 20.6 Å². The van der Waals surface area contributed by atoms with E-state index < -0.39 is 11.7 Å². The molecule has 0 radical (unpaired) electrons. The number of benzene rings is 1. The maximum absolute atomic E-state index is 14.7. The van der Waals surface area contributed by atoms with Gasteiger partial charge in [0, 0.05) is 49.1 Å². The molecule has 2 aromatic rings. The number of allylic oxidation sites excluding steroid dienone is 3. The fourth-order valence-electron chi connectivity index (χ4n) is 3.41. The lowest BCUT2D eigenvalue weighted by molar-refractivity contribution is 0.0959. The molecule has 0 bridgehead atoms. The first-order valence-electron chi connectivity index (χ1n) is 10.5. The second-order valence-electron chi connectivity index (χ2n) is 7.30. The van der Waals surface area contributed by atoms with Crippen molar-refractivity contribution in [3.8, 4) is 5.75 Å². The summed E-state index contributed by atoms with van der Waals surface area (Å²) < 4.78 is 20.6. The fourth-order valence-corrected chi connectivity index (χ4v) is 3.41. The molecule has 0 saturated carbocycles. The highest BCUT2D eigenvalue weighted by Gasteiger charge is 2.22. The predicted molar refractivity (Wildman–Crippen MR) is 125 cm³/mol. The van der Waals surface area contributed by atoms with Gasteiger partial charge in [-0.3, -0.25) is 4.79 Å². The molecule has 1 aliphatic rings. The maximum Gasteiger partial charge on any atom is 0.254 e. The van der Waals surface area contributed by atoms with Crippen molar-refractivity contribution < 1.29 is 13.9 Å². The molecule has 168 valence electrons. The quantitative estimate of drug-likeness (QED) is 0.545. The maximum atomic E-state index is 14.7. The van der Waals surface area contributed by atoms with Crippen LogP contribution in [0.4, 0.5) is 10.2 Å². The van der Waals surface area contributed by atoms with Crippen molar-refractivity contribution in [1.29, 1.82) is 0 Å². The number of rotatable bonds is 8. The third-order valence-electron chi connectivity index (χ3n) is 5.11. The third kappa shape index (κ3) is 5.14. The second-order valence-corrected chi connectivity index (χ2v) is 7.30. The minimum atomic E-state index is -0.543. The van der Waals surface area contributed by atoms with Crippen LogP contribution >= 0.6 is 0 Å². The topological polar surface area (TPSA) is 102 Å². The number of nitrogens with zero attached hydrogens (tertiary/aromatic N) is 2. The van der Waals surface area contributed by atoms with Crippen molar-refractivity contribution in [2.75, 3.05) is 19.0 Å². The van der Waals surface area contributed by atoms with Crippen molar-refractivity contribution in [3.63, 3.8) is 0 Å². The highest BCUT2D eigenvalue weighted by atomic mass is 19.1. The number of anilines is 1. The number of pyridine rings is 1. The zero-order valence-corrected chi connectivity index (χ0v) is 18.5. The van der Waals surface area contributed by atoms with E-state index in [1.165, 1.54) is 13.1 Å². The molecule has 0 fully saturated rings. The van der Waals surface area contributed by atoms with Gasteiger partial charge in [-0.25, -0.2) is 14.4 Å². The van der Waals surface area contributed by atoms with Gasteiger partial charge in [0.1, 0.15) is 23.2 Å². The molecule has 0 unspecified atom stereocenters. The Morgan fingerprint density at radius 2 is 2.19 bits per heavy atom. The van der Waals surface area contributed by atoms with Gasteiger partial charge in [0.25, 0.3) is 5.91 Å². The summed E-state index contributed by atoms with van der Waals surface area (Å²) in [5.74, 6) is 0.879. The number of hydrogen-bond donors (Lipinski definition) is 3. The van der Waals surface area contributed by atoms with E-state index in [1.54, 1.807) is 24.5 Å². The number of aliphatic imine (C=N–C) groups is 1. The van der Waals surface area contributed by atoms with Crippen molar-refractivity contribution in [3.05, 3.63) is 70.4 Å². The summed E-state index contributed by atoms with van der Waals surface area (Å²) in [4.78, 5) is 20.6. The van der Waals surface area contributed by atoms with Crippen LogP contribution in [0.1, 0.15) is 47.3 Å². The minimum absolute atomic E-state index is 0.0144. The Bertz CT molecular complexity index is 1090. The summed E-state index contributed by atoms with van der Waals surface area (Å²) in [6.45, 7) is 4.70. The Balaban J connectivity index is 1.81. The molecular weight excluding hydrogens is 409 g/mol. The van der Waals surface area contributed by atoms with E-state index in [1.807, 2.05) is 26.0 Å². The van der Waals surface area contributed by atoms with Gasteiger partial charge in [0.15, 0.2) is 0 Å². The number of fused-ring (bicyclic) bond motifs is 1. The van der Waals surface area contributed by atoms with Crippen molar-refractivity contribution >= 4 is 23.5 Å². The lowest BCUT2D eigenvalue weighted by Crippen LogP contribution is -2.20. The molecule has 3 rings (SSSR count). The number of nitrogens with one attached hydrogen (secondary N) is 2. The number of hydrogen-bond acceptors (Lipinski definition) is 6. The molecule has 8 heteroatoms. The van der Waals surface area contributed by atoms with E-state index in [4.69, 9.17) is 10.5 Å². The predicted octanol–water partition coefficient (Wildman–Crippen LogP) is 3.81. The van der Waals surface area contributed by atoms with Crippen LogP contribution in [0.15, 0.2) is 47.4 Å². The van der Waals surface area contributed by atoms with Gasteiger partial charge in [-0.1, -0.05) is 19.1 Å². The van der Waals surface area contributed by atoms with Crippen LogP contribution in [0.3, 0.4) is 0 Å². The summed E-state index contributed by atoms with van der Waals surface area (Å²) in [7, 11) is 1.47. The highest BCUT2D eigenvalue weighted by Crippen LogP contribution is 2.37. The minimum Gasteiger partial charge on any atom is -0.492 e. The molecule has 0 aliphatic carbocycles. The number of aromatic nitrogens is 1. The normalized spacial score (nSPS) is 13.8. The number of halogens is 1. The highest BCUT2D eigenvalue weighted by molar-refractivity contribution is 5.94. The van der Waals surface area contributed by atoms with Gasteiger partial charge < -0.3 is 21.1 Å². The van der Waals surface area contributed by atoms with Crippen LogP contribution in [0.25, 0.3) is 5.57 Å². The molecule has 32 heavy (non-hydrogen) atoms. The first-order valence-corrected chi connectivity index (χ1v) is 10.5. The molecule has 0 saturated heterocycles. The summed E-state index contributed by atoms with van der Waals surface area (Å²) in [5.41, 5.74) is 8.95. The average molecular weight is 438 g/mol. The Kier molecular flexibility index (Phi) is 7.59. The summed E-state index contributed by atoms with van der Waals surface area (Å²) >= 11 is 0. The second kappa shape index (κ2) is 10.6. The molecule has 2 heterocycles. The van der Waals surface area contributed by atoms with E-state index in [0.717, 1.165) is 28.9 Å². The molecule has 1 amide bonds. The van der Waals surface area contributed by atoms with Gasteiger partial charge in [-0.15, -0.1) is 0 Å². The molecule has 1 aromatic carbocycles. The van der Waals surface area contributed by atoms with E-state index >= 15 is 0 Å². The number of amides is 1. The van der Waals surface area contributed by atoms with E-state index in [-0.39, 0.29) is 12.1 Å². The Morgan fingerprint density at radius 3 is 2.94 bits per heavy atom. The van der Waals surface area contributed by atoms with Crippen molar-refractivity contribution in [2.45, 2.75) is 33.2 Å². The summed E-state index contributed by atoms with van der Waals surface area (Å²) in [6, 6.07) is 4.76. The first kappa shape index (κ1) is 23.0. The smallest absolute Gasteiger partial charge is 0.254 e. The first-order chi connectivity index (χ1) is 15.5. The number of nitrogens with two attached hydrogens (primary N) is 1. The summed E-state index contributed by atoms with van der Waals surface area (Å²) in [5, 5.41) is 5.64. The van der Waals surface area contributed by atoms with Crippen molar-refractivity contribution in [1.82, 2.24) is 10.3 Å². The van der Waals surface area contributed by atoms with E-state index in [9.17, 15) is 9.18 Å². The lowest BCUT2D eigenvalue weighted by atomic mass is 10.0. The average Bonchev–Trinajstić information content (AvgIpc) is 3.28. The number of carbonyl (C=O) groups is 1. The largest absolute Gasteiger partial charge is 0.492 e. The van der Waals surface area contributed by atoms with Gasteiger partial charge in [0.05, 0.1) is 12.2 Å². The monoisotopic (exact) mass is 437 g/mol. The zero-order chi connectivity index (χ0) is 23.1. The lowest BCUT2D eigenvalue weighted by Gasteiger charge is -2.14. The molecule has 0 atom stereocenters. The molecule has 4 N–H and O–H groups in total. The van der Waals surface area contributed by atoms with Gasteiger partial charge in [-0.2, -0.15) is 0 Å². The number of ether oxygens (including phenoxy) is 1. The van der Waals surface area contributed by atoms with Gasteiger partial charge in [-0.05, 0) is 37.1 Å². The Morgan fingerprint density at radius 1 is 1.38 bits per heavy atom.